The van der Waals surface area contributed by atoms with Crippen molar-refractivity contribution in [2.24, 2.45) is 11.6 Å². The number of rotatable bonds is 6. The van der Waals surface area contributed by atoms with Crippen LogP contribution in [0, 0.1) is 11.6 Å². The van der Waals surface area contributed by atoms with E-state index in [4.69, 9.17) is 16.3 Å². The summed E-state index contributed by atoms with van der Waals surface area (Å²) in [6, 6.07) is 3.74. The molecule has 0 radical (unpaired) electrons. The van der Waals surface area contributed by atoms with Crippen molar-refractivity contribution in [1.29, 1.82) is 0 Å². The fourth-order valence-corrected chi connectivity index (χ4v) is 4.71. The molecule has 0 spiro atoms. The number of hydrogen-bond donors (Lipinski definition) is 5. The van der Waals surface area contributed by atoms with E-state index in [0.717, 1.165) is 33.4 Å². The Kier molecular flexibility index (Phi) is 7.86. The number of hydrogen-bond acceptors (Lipinski definition) is 9. The van der Waals surface area contributed by atoms with E-state index in [9.17, 15) is 24.1 Å². The predicted molar refractivity (Wildman–Crippen MR) is 114 cm³/mol. The van der Waals surface area contributed by atoms with Crippen LogP contribution in [0.25, 0.3) is 5.70 Å². The number of thioether (sulfide) groups is 1. The van der Waals surface area contributed by atoms with Gasteiger partial charge in [0.1, 0.15) is 29.8 Å². The Bertz CT molecular complexity index is 957. The highest BCUT2D eigenvalue weighted by molar-refractivity contribution is 9.10. The molecule has 2 heterocycles. The number of aromatic nitrogens is 1. The van der Waals surface area contributed by atoms with Crippen molar-refractivity contribution in [2.75, 3.05) is 6.61 Å². The maximum Gasteiger partial charge on any atom is 0.159 e. The van der Waals surface area contributed by atoms with Gasteiger partial charge < -0.3 is 30.8 Å². The molecule has 3 rings (SSSR count). The zero-order chi connectivity index (χ0) is 22.7. The highest BCUT2D eigenvalue weighted by Gasteiger charge is 2.46. The Morgan fingerprint density at radius 1 is 1.23 bits per heavy atom. The average molecular weight is 519 g/mol. The standard InChI is InChI=1S/C19H21BrF2N4O4S/c20-10-4-11(6-25-5-10)31-19-18(29)16(17(28)15(8-27)30-19)26(24)7-14(23)9-1-2-12(21)13(22)3-9/h1-7,15-19,27-29H,8,23-24H2/b14-7-. The van der Waals surface area contributed by atoms with Crippen molar-refractivity contribution in [2.45, 2.75) is 34.7 Å². The van der Waals surface area contributed by atoms with E-state index in [2.05, 4.69) is 20.9 Å². The lowest BCUT2D eigenvalue weighted by Gasteiger charge is -2.45. The summed E-state index contributed by atoms with van der Waals surface area (Å²) in [5, 5.41) is 32.0. The normalized spacial score (nSPS) is 26.7. The fourth-order valence-electron chi connectivity index (χ4n) is 3.11. The minimum absolute atomic E-state index is 0.0202. The summed E-state index contributed by atoms with van der Waals surface area (Å²) in [6.45, 7) is -0.519. The molecule has 5 atom stereocenters. The maximum atomic E-state index is 13.5. The van der Waals surface area contributed by atoms with E-state index in [-0.39, 0.29) is 11.3 Å². The second kappa shape index (κ2) is 10.2. The maximum absolute atomic E-state index is 13.5. The van der Waals surface area contributed by atoms with Crippen molar-refractivity contribution < 1.29 is 28.8 Å². The third-order valence-corrected chi connectivity index (χ3v) is 6.22. The van der Waals surface area contributed by atoms with Gasteiger partial charge in [-0.3, -0.25) is 4.98 Å². The monoisotopic (exact) mass is 518 g/mol. The fraction of sp³-hybridized carbons (Fsp3) is 0.316. The number of halogens is 3. The minimum Gasteiger partial charge on any atom is -0.397 e. The van der Waals surface area contributed by atoms with Crippen molar-refractivity contribution in [3.8, 4) is 0 Å². The molecule has 1 aliphatic rings. The summed E-state index contributed by atoms with van der Waals surface area (Å²) in [6.07, 6.45) is 0.651. The molecule has 12 heteroatoms. The molecule has 0 aliphatic carbocycles. The van der Waals surface area contributed by atoms with Crippen molar-refractivity contribution in [3.63, 3.8) is 0 Å². The zero-order valence-electron chi connectivity index (χ0n) is 16.0. The van der Waals surface area contributed by atoms with Gasteiger partial charge in [0.2, 0.25) is 0 Å². The number of benzene rings is 1. The number of ether oxygens (including phenoxy) is 1. The first-order valence-electron chi connectivity index (χ1n) is 9.06. The Balaban J connectivity index is 1.84. The van der Waals surface area contributed by atoms with E-state index >= 15 is 0 Å². The van der Waals surface area contributed by atoms with Gasteiger partial charge in [-0.1, -0.05) is 11.8 Å². The highest BCUT2D eigenvalue weighted by Crippen LogP contribution is 2.35. The second-order valence-electron chi connectivity index (χ2n) is 6.81. The van der Waals surface area contributed by atoms with Gasteiger partial charge >= 0.3 is 0 Å². The van der Waals surface area contributed by atoms with Gasteiger partial charge in [0.25, 0.3) is 0 Å². The molecule has 1 aromatic heterocycles. The topological polar surface area (TPSA) is 138 Å². The minimum atomic E-state index is -1.36. The molecule has 31 heavy (non-hydrogen) atoms. The molecule has 1 aromatic carbocycles. The number of aliphatic hydroxyl groups is 3. The molecule has 5 unspecified atom stereocenters. The van der Waals surface area contributed by atoms with Crippen LogP contribution in [-0.4, -0.2) is 61.7 Å². The summed E-state index contributed by atoms with van der Waals surface area (Å²) >= 11 is 4.45. The largest absolute Gasteiger partial charge is 0.397 e. The molecule has 7 N–H and O–H groups in total. The van der Waals surface area contributed by atoms with Gasteiger partial charge in [-0.2, -0.15) is 0 Å². The van der Waals surface area contributed by atoms with Crippen LogP contribution in [0.1, 0.15) is 5.56 Å². The first-order chi connectivity index (χ1) is 14.7. The number of hydrazine groups is 1. The molecule has 0 saturated carbocycles. The van der Waals surface area contributed by atoms with Crippen LogP contribution < -0.4 is 11.6 Å². The molecule has 0 amide bonds. The SMILES string of the molecule is N/C(=C\N(N)C1C(O)C(CO)OC(Sc2cncc(Br)c2)C1O)c1ccc(F)c(F)c1. The number of nitrogens with two attached hydrogens (primary N) is 2. The van der Waals surface area contributed by atoms with E-state index in [1.807, 2.05) is 0 Å². The summed E-state index contributed by atoms with van der Waals surface area (Å²) in [5.41, 5.74) is 5.19. The van der Waals surface area contributed by atoms with Gasteiger partial charge in [0, 0.05) is 33.5 Å². The molecular formula is C19H21BrF2N4O4S. The van der Waals surface area contributed by atoms with Gasteiger partial charge in [0.05, 0.1) is 12.3 Å². The Hall–Kier alpha value is -1.80. The smallest absolute Gasteiger partial charge is 0.159 e. The predicted octanol–water partition coefficient (Wildman–Crippen LogP) is 1.16. The first-order valence-corrected chi connectivity index (χ1v) is 10.7. The van der Waals surface area contributed by atoms with Crippen LogP contribution in [0.5, 0.6) is 0 Å². The van der Waals surface area contributed by atoms with Crippen LogP contribution >= 0.6 is 27.7 Å². The van der Waals surface area contributed by atoms with E-state index in [0.29, 0.717) is 4.90 Å². The van der Waals surface area contributed by atoms with E-state index in [1.165, 1.54) is 12.3 Å². The molecule has 1 saturated heterocycles. The van der Waals surface area contributed by atoms with Crippen molar-refractivity contribution >= 4 is 33.4 Å². The summed E-state index contributed by atoms with van der Waals surface area (Å²) in [7, 11) is 0. The molecule has 1 fully saturated rings. The van der Waals surface area contributed by atoms with Crippen LogP contribution in [0.15, 0.2) is 52.2 Å². The number of aliphatic hydroxyl groups excluding tert-OH is 3. The third-order valence-electron chi connectivity index (χ3n) is 4.67. The Labute approximate surface area is 189 Å². The molecular weight excluding hydrogens is 498 g/mol. The van der Waals surface area contributed by atoms with Crippen LogP contribution in [0.3, 0.4) is 0 Å². The Morgan fingerprint density at radius 3 is 2.61 bits per heavy atom. The number of nitrogens with zero attached hydrogens (tertiary/aromatic N) is 2. The lowest BCUT2D eigenvalue weighted by molar-refractivity contribution is -0.184. The summed E-state index contributed by atoms with van der Waals surface area (Å²) < 4.78 is 33.0. The lowest BCUT2D eigenvalue weighted by atomic mass is 9.96. The molecule has 2 aromatic rings. The quantitative estimate of drug-likeness (QED) is 0.281. The second-order valence-corrected chi connectivity index (χ2v) is 8.90. The van der Waals surface area contributed by atoms with Gasteiger partial charge in [-0.05, 0) is 40.2 Å². The first kappa shape index (κ1) is 23.9. The van der Waals surface area contributed by atoms with Gasteiger partial charge in [-0.15, -0.1) is 0 Å². The summed E-state index contributed by atoms with van der Waals surface area (Å²) in [4.78, 5) is 4.72. The highest BCUT2D eigenvalue weighted by atomic mass is 79.9. The lowest BCUT2D eigenvalue weighted by Crippen LogP contribution is -2.64. The van der Waals surface area contributed by atoms with Crippen LogP contribution in [0.4, 0.5) is 8.78 Å². The average Bonchev–Trinajstić information content (AvgIpc) is 2.72. The van der Waals surface area contributed by atoms with E-state index < -0.39 is 48.0 Å². The van der Waals surface area contributed by atoms with Gasteiger partial charge in [0.15, 0.2) is 11.6 Å². The van der Waals surface area contributed by atoms with Crippen LogP contribution in [-0.2, 0) is 4.74 Å². The van der Waals surface area contributed by atoms with Gasteiger partial charge in [-0.25, -0.2) is 14.6 Å². The molecule has 168 valence electrons. The third kappa shape index (κ3) is 5.52. The molecule has 0 bridgehead atoms. The van der Waals surface area contributed by atoms with Crippen LogP contribution in [0.2, 0.25) is 0 Å². The summed E-state index contributed by atoms with van der Waals surface area (Å²) in [5.74, 6) is 3.95. The molecule has 8 nitrogen and oxygen atoms in total. The van der Waals surface area contributed by atoms with Crippen molar-refractivity contribution in [1.82, 2.24) is 9.99 Å². The van der Waals surface area contributed by atoms with Crippen molar-refractivity contribution in [3.05, 3.63) is 64.5 Å². The van der Waals surface area contributed by atoms with E-state index in [1.54, 1.807) is 18.5 Å². The number of pyridine rings is 1. The molecule has 1 aliphatic heterocycles. The Morgan fingerprint density at radius 2 is 1.97 bits per heavy atom. The zero-order valence-corrected chi connectivity index (χ0v) is 18.4.